The summed E-state index contributed by atoms with van der Waals surface area (Å²) in [5, 5.41) is 6.65. The van der Waals surface area contributed by atoms with Crippen LogP contribution >= 0.6 is 63.7 Å². The smallest absolute Gasteiger partial charge is 0.289 e. The van der Waals surface area contributed by atoms with Gasteiger partial charge in [-0.05, 0) is 113 Å². The molecule has 4 amide bonds. The number of hydrogen-bond donors (Lipinski definition) is 0. The van der Waals surface area contributed by atoms with Crippen LogP contribution in [0.2, 0.25) is 51.4 Å². The average Bonchev–Trinajstić information content (AvgIpc) is 3.90. The normalized spacial score (nSPS) is 24.0. The zero-order valence-corrected chi connectivity index (χ0v) is 44.0. The molecule has 0 unspecified atom stereocenters. The van der Waals surface area contributed by atoms with Crippen LogP contribution in [0.1, 0.15) is 33.8 Å². The molecule has 0 saturated carbocycles. The van der Waals surface area contributed by atoms with E-state index in [-0.39, 0.29) is 88.9 Å². The standard InChI is InChI=1S/C38H52Br4N10O8Si2/c1-61(2,3)9-7-57-19-45-27(13-25(39)31(45)41)35(55)49-15-23(11-29-33(53)47-21-59-17-43-37(47)51(29)49)24-12-30-34(54)48-22-60-18-44-38(48)52(30)50(16-24)36(56)28-14-26(40)32(42)46(28)20-58-8-10-62(4,5)6/h13-14,23-24,29-30H,7-12,15-22H2,1-6H3/t23-,24-,29+,30+/m1/s1. The lowest BCUT2D eigenvalue weighted by atomic mass is 9.79. The van der Waals surface area contributed by atoms with E-state index in [1.807, 2.05) is 0 Å². The van der Waals surface area contributed by atoms with Gasteiger partial charge in [0.25, 0.3) is 23.6 Å². The minimum atomic E-state index is -1.37. The van der Waals surface area contributed by atoms with Crippen molar-refractivity contribution < 1.29 is 38.1 Å². The van der Waals surface area contributed by atoms with Gasteiger partial charge in [0.15, 0.2) is 0 Å². The number of hydrazine groups is 2. The molecule has 62 heavy (non-hydrogen) atoms. The van der Waals surface area contributed by atoms with Gasteiger partial charge in [-0.15, -0.1) is 0 Å². The van der Waals surface area contributed by atoms with E-state index in [4.69, 9.17) is 18.9 Å². The van der Waals surface area contributed by atoms with Crippen molar-refractivity contribution in [2.45, 2.75) is 89.8 Å². The highest BCUT2D eigenvalue weighted by molar-refractivity contribution is 9.13. The molecule has 24 heteroatoms. The Morgan fingerprint density at radius 2 is 1.06 bits per heavy atom. The zero-order chi connectivity index (χ0) is 44.4. The number of fused-ring (bicyclic) bond motifs is 6. The third-order valence-corrected chi connectivity index (χ3v) is 19.4. The van der Waals surface area contributed by atoms with Gasteiger partial charge in [0.2, 0.25) is 11.9 Å². The summed E-state index contributed by atoms with van der Waals surface area (Å²) in [6.45, 7) is 15.6. The Labute approximate surface area is 396 Å². The number of aromatic nitrogens is 2. The number of rotatable bonds is 13. The second-order valence-corrected chi connectivity index (χ2v) is 33.2. The highest BCUT2D eigenvalue weighted by Gasteiger charge is 2.58. The van der Waals surface area contributed by atoms with Gasteiger partial charge in [-0.3, -0.25) is 29.0 Å². The molecule has 0 spiro atoms. The monoisotopic (exact) mass is 1150 g/mol. The third kappa shape index (κ3) is 8.94. The van der Waals surface area contributed by atoms with E-state index < -0.39 is 28.2 Å². The number of hydrogen-bond acceptors (Lipinski definition) is 12. The highest BCUT2D eigenvalue weighted by Crippen LogP contribution is 2.43. The number of amides is 4. The molecule has 8 heterocycles. The van der Waals surface area contributed by atoms with Crippen molar-refractivity contribution >= 4 is 115 Å². The zero-order valence-electron chi connectivity index (χ0n) is 35.6. The third-order valence-electron chi connectivity index (χ3n) is 12.0. The summed E-state index contributed by atoms with van der Waals surface area (Å²) in [6.07, 6.45) is 0.707. The number of nitrogens with zero attached hydrogens (tertiary/aromatic N) is 10. The molecular formula is C38H52Br4N10O8Si2. The van der Waals surface area contributed by atoms with E-state index in [1.54, 1.807) is 41.3 Å². The van der Waals surface area contributed by atoms with Gasteiger partial charge in [0, 0.05) is 42.5 Å². The predicted octanol–water partition coefficient (Wildman–Crippen LogP) is 6.05. The molecule has 0 aliphatic carbocycles. The highest BCUT2D eigenvalue weighted by atomic mass is 79.9. The van der Waals surface area contributed by atoms with Crippen LogP contribution in [0.4, 0.5) is 0 Å². The summed E-state index contributed by atoms with van der Waals surface area (Å²) in [5.41, 5.74) is 0.706. The summed E-state index contributed by atoms with van der Waals surface area (Å²) < 4.78 is 29.7. The summed E-state index contributed by atoms with van der Waals surface area (Å²) in [6, 6.07) is 3.89. The fraction of sp³-hybridized carbons (Fsp3) is 0.632. The summed E-state index contributed by atoms with van der Waals surface area (Å²) in [4.78, 5) is 70.8. The molecule has 18 nitrogen and oxygen atoms in total. The van der Waals surface area contributed by atoms with E-state index in [2.05, 4.69) is 113 Å². The predicted molar refractivity (Wildman–Crippen MR) is 248 cm³/mol. The van der Waals surface area contributed by atoms with E-state index >= 15 is 9.59 Å². The number of carbonyl (C=O) groups is 4. The number of halogens is 4. The van der Waals surface area contributed by atoms with E-state index in [1.165, 1.54) is 9.80 Å². The minimum Gasteiger partial charge on any atom is -0.361 e. The van der Waals surface area contributed by atoms with Gasteiger partial charge >= 0.3 is 0 Å². The molecule has 6 aliphatic rings. The molecule has 0 radical (unpaired) electrons. The van der Waals surface area contributed by atoms with Gasteiger partial charge in [-0.2, -0.15) is 0 Å². The Balaban J connectivity index is 1.13. The van der Waals surface area contributed by atoms with Crippen molar-refractivity contribution in [3.8, 4) is 0 Å². The summed E-state index contributed by atoms with van der Waals surface area (Å²) >= 11 is 14.6. The van der Waals surface area contributed by atoms with Crippen LogP contribution in [-0.2, 0) is 42.0 Å². The van der Waals surface area contributed by atoms with Gasteiger partial charge in [-0.25, -0.2) is 30.0 Å². The van der Waals surface area contributed by atoms with Crippen molar-refractivity contribution in [3.63, 3.8) is 0 Å². The first-order valence-electron chi connectivity index (χ1n) is 20.7. The molecule has 4 saturated heterocycles. The largest absolute Gasteiger partial charge is 0.361 e. The lowest BCUT2D eigenvalue weighted by Crippen LogP contribution is -2.63. The molecule has 6 aliphatic heterocycles. The van der Waals surface area contributed by atoms with Crippen LogP contribution in [0.15, 0.2) is 40.3 Å². The van der Waals surface area contributed by atoms with Gasteiger partial charge in [0.1, 0.15) is 73.1 Å². The van der Waals surface area contributed by atoms with Crippen LogP contribution in [0.25, 0.3) is 0 Å². The molecule has 2 aromatic heterocycles. The van der Waals surface area contributed by atoms with Crippen LogP contribution in [0.3, 0.4) is 0 Å². The molecule has 0 aromatic carbocycles. The second-order valence-electron chi connectivity index (χ2n) is 18.7. The molecule has 2 aromatic rings. The quantitative estimate of drug-likeness (QED) is 0.171. The van der Waals surface area contributed by atoms with Crippen molar-refractivity contribution in [2.24, 2.45) is 21.8 Å². The lowest BCUT2D eigenvalue weighted by Gasteiger charge is -2.49. The average molecular weight is 1150 g/mol. The lowest BCUT2D eigenvalue weighted by molar-refractivity contribution is -0.140. The van der Waals surface area contributed by atoms with Gasteiger partial charge in [0.05, 0.1) is 8.95 Å². The number of aliphatic imine (C=N–C) groups is 2. The maximum Gasteiger partial charge on any atom is 0.289 e. The van der Waals surface area contributed by atoms with Crippen molar-refractivity contribution in [1.82, 2.24) is 39.0 Å². The fourth-order valence-electron chi connectivity index (χ4n) is 8.59. The molecule has 0 N–H and O–H groups in total. The Kier molecular flexibility index (Phi) is 13.5. The number of ether oxygens (including phenoxy) is 4. The maximum absolute atomic E-state index is 15.1. The first-order chi connectivity index (χ1) is 29.3. The van der Waals surface area contributed by atoms with Crippen LogP contribution in [0, 0.1) is 11.8 Å². The van der Waals surface area contributed by atoms with Crippen LogP contribution in [-0.4, -0.2) is 156 Å². The Bertz CT molecular complexity index is 2040. The van der Waals surface area contributed by atoms with Crippen molar-refractivity contribution in [3.05, 3.63) is 41.7 Å². The fourth-order valence-corrected chi connectivity index (χ4v) is 11.8. The molecule has 4 fully saturated rings. The van der Waals surface area contributed by atoms with Crippen molar-refractivity contribution in [2.75, 3.05) is 53.2 Å². The van der Waals surface area contributed by atoms with E-state index in [0.29, 0.717) is 67.5 Å². The van der Waals surface area contributed by atoms with Crippen molar-refractivity contribution in [1.29, 1.82) is 0 Å². The molecule has 8 rings (SSSR count). The second kappa shape index (κ2) is 18.1. The van der Waals surface area contributed by atoms with Crippen LogP contribution in [0.5, 0.6) is 0 Å². The topological polar surface area (TPSA) is 159 Å². The van der Waals surface area contributed by atoms with E-state index in [9.17, 15) is 9.59 Å². The summed E-state index contributed by atoms with van der Waals surface area (Å²) in [7, 11) is -2.74. The maximum atomic E-state index is 15.1. The summed E-state index contributed by atoms with van der Waals surface area (Å²) in [5.74, 6) is -1.10. The molecule has 338 valence electrons. The molecule has 4 atom stereocenters. The molecule has 0 bridgehead atoms. The number of carbonyl (C=O) groups excluding carboxylic acids is 4. The van der Waals surface area contributed by atoms with Gasteiger partial charge in [-0.1, -0.05) is 39.3 Å². The Morgan fingerprint density at radius 1 is 0.677 bits per heavy atom. The van der Waals surface area contributed by atoms with Gasteiger partial charge < -0.3 is 28.1 Å². The van der Waals surface area contributed by atoms with Crippen LogP contribution < -0.4 is 0 Å². The first-order valence-corrected chi connectivity index (χ1v) is 31.3. The first kappa shape index (κ1) is 46.1. The minimum absolute atomic E-state index is 0.0135. The SMILES string of the molecule is C[Si](C)(C)CCOCn1c(C(=O)N2C[C@H]([C@@H]3C[C@H]4C(=O)N5COCN=C5N4N(C(=O)c4cc(Br)c(Br)n4COCC[Si](C)(C)C)C3)C[C@H]3C(=O)N4COCN=C4N32)cc(Br)c1Br. The van der Waals surface area contributed by atoms with E-state index in [0.717, 1.165) is 12.1 Å². The Hall–Kier alpha value is -2.43. The Morgan fingerprint density at radius 3 is 1.44 bits per heavy atom. The molecular weight excluding hydrogens is 1100 g/mol. The number of guanidine groups is 2.